The van der Waals surface area contributed by atoms with Gasteiger partial charge in [0.25, 0.3) is 0 Å². The summed E-state index contributed by atoms with van der Waals surface area (Å²) in [6.45, 7) is 1.50. The summed E-state index contributed by atoms with van der Waals surface area (Å²) in [4.78, 5) is 0. The van der Waals surface area contributed by atoms with Gasteiger partial charge in [0.2, 0.25) is 0 Å². The Labute approximate surface area is 112 Å². The summed E-state index contributed by atoms with van der Waals surface area (Å²) in [5.74, 6) is -0.230. The summed E-state index contributed by atoms with van der Waals surface area (Å²) in [5, 5.41) is 12.9. The van der Waals surface area contributed by atoms with E-state index in [1.807, 2.05) is 0 Å². The molecule has 1 aliphatic heterocycles. The summed E-state index contributed by atoms with van der Waals surface area (Å²) < 4.78 is 18.8. The number of hydrogen-bond acceptors (Lipinski definition) is 3. The van der Waals surface area contributed by atoms with Crippen molar-refractivity contribution in [2.75, 3.05) is 13.2 Å². The van der Waals surface area contributed by atoms with E-state index in [-0.39, 0.29) is 11.9 Å². The molecule has 4 heteroatoms. The number of hydrogen-bond donors (Lipinski definition) is 1. The molecule has 0 spiro atoms. The van der Waals surface area contributed by atoms with Gasteiger partial charge in [-0.25, -0.2) is 4.39 Å². The maximum Gasteiger partial charge on any atom is 0.132 e. The number of benzene rings is 1. The number of nitrogens with zero attached hydrogens (tertiary/aromatic N) is 1. The molecule has 2 unspecified atom stereocenters. The minimum absolute atomic E-state index is 0.203. The minimum Gasteiger partial charge on any atom is -0.377 e. The number of nitriles is 1. The number of ether oxygens (including phenoxy) is 1. The van der Waals surface area contributed by atoms with Crippen molar-refractivity contribution in [2.45, 2.75) is 37.3 Å². The van der Waals surface area contributed by atoms with Gasteiger partial charge >= 0.3 is 0 Å². The highest BCUT2D eigenvalue weighted by Gasteiger charge is 2.39. The Bertz CT molecular complexity index is 519. The van der Waals surface area contributed by atoms with Crippen LogP contribution in [0.1, 0.15) is 30.4 Å². The Kier molecular flexibility index (Phi) is 3.26. The van der Waals surface area contributed by atoms with Crippen LogP contribution in [0, 0.1) is 17.1 Å². The van der Waals surface area contributed by atoms with Gasteiger partial charge in [0.05, 0.1) is 12.2 Å². The topological polar surface area (TPSA) is 45.0 Å². The van der Waals surface area contributed by atoms with Crippen LogP contribution in [0.2, 0.25) is 0 Å². The summed E-state index contributed by atoms with van der Waals surface area (Å²) in [7, 11) is 0. The van der Waals surface area contributed by atoms with Gasteiger partial charge in [0.1, 0.15) is 11.4 Å². The Morgan fingerprint density at radius 1 is 1.53 bits per heavy atom. The highest BCUT2D eigenvalue weighted by atomic mass is 19.1. The van der Waals surface area contributed by atoms with Gasteiger partial charge in [-0.3, -0.25) is 5.32 Å². The molecule has 2 atom stereocenters. The third kappa shape index (κ3) is 2.24. The lowest BCUT2D eigenvalue weighted by Gasteiger charge is -2.25. The van der Waals surface area contributed by atoms with Crippen LogP contribution in [0.5, 0.6) is 0 Å². The lowest BCUT2D eigenvalue weighted by atomic mass is 9.93. The lowest BCUT2D eigenvalue weighted by Crippen LogP contribution is -2.43. The molecule has 100 valence electrons. The van der Waals surface area contributed by atoms with Crippen molar-refractivity contribution in [3.05, 3.63) is 35.1 Å². The first-order valence-corrected chi connectivity index (χ1v) is 6.80. The first-order chi connectivity index (χ1) is 9.23. The average molecular weight is 260 g/mol. The van der Waals surface area contributed by atoms with Crippen LogP contribution in [0.3, 0.4) is 0 Å². The Morgan fingerprint density at radius 2 is 2.42 bits per heavy atom. The molecule has 2 aliphatic rings. The van der Waals surface area contributed by atoms with E-state index in [0.29, 0.717) is 13.0 Å². The Balaban J connectivity index is 1.80. The van der Waals surface area contributed by atoms with Crippen LogP contribution in [-0.4, -0.2) is 19.3 Å². The SMILES string of the molecule is N#CC1(NCC2CCCO2)CCc2cc(F)ccc21. The van der Waals surface area contributed by atoms with Crippen molar-refractivity contribution >= 4 is 0 Å². The average Bonchev–Trinajstić information content (AvgIpc) is 3.04. The molecule has 0 saturated carbocycles. The molecule has 1 aromatic rings. The van der Waals surface area contributed by atoms with Crippen LogP contribution in [0.25, 0.3) is 0 Å². The van der Waals surface area contributed by atoms with Gasteiger partial charge < -0.3 is 4.74 Å². The molecule has 1 aliphatic carbocycles. The third-order valence-corrected chi connectivity index (χ3v) is 4.14. The van der Waals surface area contributed by atoms with Crippen molar-refractivity contribution in [2.24, 2.45) is 0 Å². The van der Waals surface area contributed by atoms with Gasteiger partial charge in [-0.05, 0) is 48.9 Å². The van der Waals surface area contributed by atoms with E-state index in [4.69, 9.17) is 4.74 Å². The van der Waals surface area contributed by atoms with E-state index >= 15 is 0 Å². The zero-order valence-electron chi connectivity index (χ0n) is 10.8. The molecule has 3 nitrogen and oxygen atoms in total. The summed E-state index contributed by atoms with van der Waals surface area (Å²) in [5.41, 5.74) is 1.20. The number of rotatable bonds is 3. The summed E-state index contributed by atoms with van der Waals surface area (Å²) in [6, 6.07) is 7.11. The Hall–Kier alpha value is -1.44. The van der Waals surface area contributed by atoms with Crippen LogP contribution in [-0.2, 0) is 16.7 Å². The fourth-order valence-electron chi connectivity index (χ4n) is 3.07. The predicted octanol–water partition coefficient (Wildman–Crippen LogP) is 2.26. The van der Waals surface area contributed by atoms with E-state index < -0.39 is 5.54 Å². The predicted molar refractivity (Wildman–Crippen MR) is 69.0 cm³/mol. The lowest BCUT2D eigenvalue weighted by molar-refractivity contribution is 0.104. The van der Waals surface area contributed by atoms with Gasteiger partial charge in [-0.15, -0.1) is 0 Å². The van der Waals surface area contributed by atoms with Gasteiger partial charge in [-0.1, -0.05) is 6.07 Å². The molecule has 3 rings (SSSR count). The molecule has 1 fully saturated rings. The van der Waals surface area contributed by atoms with Crippen LogP contribution in [0.4, 0.5) is 4.39 Å². The fourth-order valence-corrected chi connectivity index (χ4v) is 3.07. The molecule has 1 saturated heterocycles. The van der Waals surface area contributed by atoms with Crippen LogP contribution >= 0.6 is 0 Å². The standard InChI is InChI=1S/C15H17FN2O/c16-12-3-4-14-11(8-12)5-6-15(14,10-17)18-9-13-2-1-7-19-13/h3-4,8,13,18H,1-2,5-7,9H2. The molecule has 0 amide bonds. The second-order valence-electron chi connectivity index (χ2n) is 5.33. The largest absolute Gasteiger partial charge is 0.377 e. The molecule has 0 bridgehead atoms. The minimum atomic E-state index is -0.672. The first-order valence-electron chi connectivity index (χ1n) is 6.80. The quantitative estimate of drug-likeness (QED) is 0.906. The zero-order valence-corrected chi connectivity index (χ0v) is 10.8. The first kappa shape index (κ1) is 12.6. The maximum absolute atomic E-state index is 13.2. The zero-order chi connectivity index (χ0) is 13.3. The van der Waals surface area contributed by atoms with Gasteiger partial charge in [-0.2, -0.15) is 5.26 Å². The number of nitrogens with one attached hydrogen (secondary N) is 1. The van der Waals surface area contributed by atoms with E-state index in [2.05, 4.69) is 11.4 Å². The number of halogens is 1. The van der Waals surface area contributed by atoms with E-state index in [1.165, 1.54) is 6.07 Å². The third-order valence-electron chi connectivity index (χ3n) is 4.14. The Morgan fingerprint density at radius 3 is 3.16 bits per heavy atom. The molecule has 19 heavy (non-hydrogen) atoms. The van der Waals surface area contributed by atoms with E-state index in [1.54, 1.807) is 12.1 Å². The van der Waals surface area contributed by atoms with Crippen molar-refractivity contribution < 1.29 is 9.13 Å². The van der Waals surface area contributed by atoms with Crippen molar-refractivity contribution in [3.63, 3.8) is 0 Å². The summed E-state index contributed by atoms with van der Waals surface area (Å²) in [6.07, 6.45) is 3.79. The molecule has 0 aromatic heterocycles. The van der Waals surface area contributed by atoms with E-state index in [0.717, 1.165) is 37.0 Å². The smallest absolute Gasteiger partial charge is 0.132 e. The van der Waals surface area contributed by atoms with Crippen molar-refractivity contribution in [3.8, 4) is 6.07 Å². The van der Waals surface area contributed by atoms with Crippen molar-refractivity contribution in [1.82, 2.24) is 5.32 Å². The molecule has 1 heterocycles. The fraction of sp³-hybridized carbons (Fsp3) is 0.533. The summed E-state index contributed by atoms with van der Waals surface area (Å²) >= 11 is 0. The highest BCUT2D eigenvalue weighted by molar-refractivity contribution is 5.43. The van der Waals surface area contributed by atoms with E-state index in [9.17, 15) is 9.65 Å². The normalized spacial score (nSPS) is 29.2. The van der Waals surface area contributed by atoms with Crippen molar-refractivity contribution in [1.29, 1.82) is 5.26 Å². The monoisotopic (exact) mass is 260 g/mol. The number of aryl methyl sites for hydroxylation is 1. The second-order valence-corrected chi connectivity index (χ2v) is 5.33. The maximum atomic E-state index is 13.2. The van der Waals surface area contributed by atoms with Gasteiger partial charge in [0, 0.05) is 13.2 Å². The second kappa shape index (κ2) is 4.92. The van der Waals surface area contributed by atoms with Crippen LogP contribution < -0.4 is 5.32 Å². The molecule has 1 N–H and O–H groups in total. The molecule has 1 aromatic carbocycles. The molecular formula is C15H17FN2O. The molecule has 0 radical (unpaired) electrons. The highest BCUT2D eigenvalue weighted by Crippen LogP contribution is 2.37. The molecular weight excluding hydrogens is 243 g/mol. The number of fused-ring (bicyclic) bond motifs is 1. The van der Waals surface area contributed by atoms with Gasteiger partial charge in [0.15, 0.2) is 0 Å². The van der Waals surface area contributed by atoms with Crippen LogP contribution in [0.15, 0.2) is 18.2 Å².